The third-order valence-corrected chi connectivity index (χ3v) is 5.72. The molecule has 0 aliphatic carbocycles. The Morgan fingerprint density at radius 1 is 1.20 bits per heavy atom. The van der Waals surface area contributed by atoms with Crippen molar-refractivity contribution in [3.8, 4) is 0 Å². The van der Waals surface area contributed by atoms with E-state index >= 15 is 0 Å². The zero-order chi connectivity index (χ0) is 14.1. The maximum Gasteiger partial charge on any atom is 0.0702 e. The summed E-state index contributed by atoms with van der Waals surface area (Å²) in [5.74, 6) is 0. The first kappa shape index (κ1) is 14.3. The minimum atomic E-state index is 0.176. The van der Waals surface area contributed by atoms with Crippen LogP contribution in [0.4, 0.5) is 0 Å². The normalized spacial score (nSPS) is 17.9. The van der Waals surface area contributed by atoms with E-state index in [9.17, 15) is 0 Å². The lowest BCUT2D eigenvalue weighted by atomic mass is 10.0. The van der Waals surface area contributed by atoms with Crippen LogP contribution in [0.25, 0.3) is 0 Å². The lowest BCUT2D eigenvalue weighted by molar-refractivity contribution is 0.173. The first-order valence-corrected chi connectivity index (χ1v) is 8.61. The van der Waals surface area contributed by atoms with Crippen LogP contribution in [-0.4, -0.2) is 10.9 Å². The molecule has 2 unspecified atom stereocenters. The number of halogens is 1. The van der Waals surface area contributed by atoms with Gasteiger partial charge in [0.1, 0.15) is 0 Å². The number of hydrogen-bond acceptors (Lipinski definition) is 3. The molecule has 1 aliphatic heterocycles. The average Bonchev–Trinajstić information content (AvgIpc) is 3.05. The van der Waals surface area contributed by atoms with Gasteiger partial charge in [0.15, 0.2) is 0 Å². The zero-order valence-corrected chi connectivity index (χ0v) is 14.0. The van der Waals surface area contributed by atoms with Crippen LogP contribution in [0.2, 0.25) is 0 Å². The van der Waals surface area contributed by atoms with Gasteiger partial charge in [-0.25, -0.2) is 0 Å². The molecule has 0 spiro atoms. The second kappa shape index (κ2) is 5.98. The Labute approximate surface area is 132 Å². The third-order valence-electron chi connectivity index (χ3n) is 4.02. The van der Waals surface area contributed by atoms with E-state index in [1.807, 2.05) is 0 Å². The molecule has 1 aromatic carbocycles. The Morgan fingerprint density at radius 2 is 1.85 bits per heavy atom. The Hall–Kier alpha value is -0.680. The summed E-state index contributed by atoms with van der Waals surface area (Å²) in [5.41, 5.74) is 9.31. The maximum atomic E-state index is 6.42. The number of rotatable bonds is 4. The molecule has 4 heteroatoms. The number of benzene rings is 1. The molecule has 0 saturated heterocycles. The molecule has 0 amide bonds. The van der Waals surface area contributed by atoms with Gasteiger partial charge in [0.25, 0.3) is 0 Å². The molecule has 106 valence electrons. The van der Waals surface area contributed by atoms with Crippen molar-refractivity contribution in [2.75, 3.05) is 0 Å². The van der Waals surface area contributed by atoms with Crippen molar-refractivity contribution < 1.29 is 0 Å². The summed E-state index contributed by atoms with van der Waals surface area (Å²) in [6.45, 7) is 4.18. The molecule has 1 aliphatic rings. The topological polar surface area (TPSA) is 29.3 Å². The van der Waals surface area contributed by atoms with Crippen LogP contribution in [0, 0.1) is 0 Å². The summed E-state index contributed by atoms with van der Waals surface area (Å²) < 4.78 is 1.18. The van der Waals surface area contributed by atoms with Gasteiger partial charge in [-0.3, -0.25) is 4.90 Å². The van der Waals surface area contributed by atoms with Crippen LogP contribution in [0.5, 0.6) is 0 Å². The second-order valence-electron chi connectivity index (χ2n) is 5.33. The molecule has 3 rings (SSSR count). The van der Waals surface area contributed by atoms with Crippen LogP contribution in [-0.2, 0) is 13.1 Å². The molecule has 2 atom stereocenters. The van der Waals surface area contributed by atoms with E-state index in [4.69, 9.17) is 5.73 Å². The standard InChI is InChI=1S/C16H19BrN2S/c1-2-13(18)16(14-7-8-15(17)20-14)19-9-11-5-3-4-6-12(11)10-19/h3-8,13,16H,2,9-10,18H2,1H3. The molecule has 1 aromatic heterocycles. The second-order valence-corrected chi connectivity index (χ2v) is 7.83. The minimum absolute atomic E-state index is 0.176. The van der Waals surface area contributed by atoms with Gasteiger partial charge in [-0.2, -0.15) is 0 Å². The van der Waals surface area contributed by atoms with Crippen LogP contribution in [0.15, 0.2) is 40.2 Å². The fourth-order valence-electron chi connectivity index (χ4n) is 2.93. The smallest absolute Gasteiger partial charge is 0.0702 e. The van der Waals surface area contributed by atoms with Gasteiger partial charge < -0.3 is 5.73 Å². The quantitative estimate of drug-likeness (QED) is 0.890. The molecule has 0 bridgehead atoms. The fourth-order valence-corrected chi connectivity index (χ4v) is 4.56. The third kappa shape index (κ3) is 2.70. The predicted molar refractivity (Wildman–Crippen MR) is 88.7 cm³/mol. The first-order valence-electron chi connectivity index (χ1n) is 7.00. The van der Waals surface area contributed by atoms with E-state index in [-0.39, 0.29) is 6.04 Å². The van der Waals surface area contributed by atoms with Crippen LogP contribution in [0.3, 0.4) is 0 Å². The van der Waals surface area contributed by atoms with Gasteiger partial charge >= 0.3 is 0 Å². The first-order chi connectivity index (χ1) is 9.69. The van der Waals surface area contributed by atoms with E-state index < -0.39 is 0 Å². The van der Waals surface area contributed by atoms with E-state index in [2.05, 4.69) is 64.2 Å². The van der Waals surface area contributed by atoms with E-state index in [1.165, 1.54) is 19.8 Å². The zero-order valence-electron chi connectivity index (χ0n) is 11.6. The number of fused-ring (bicyclic) bond motifs is 1. The Balaban J connectivity index is 1.88. The molecule has 2 aromatic rings. The molecule has 0 radical (unpaired) electrons. The number of nitrogens with two attached hydrogens (primary N) is 1. The van der Waals surface area contributed by atoms with Crippen LogP contribution >= 0.6 is 27.3 Å². The Bertz CT molecular complexity index is 571. The summed E-state index contributed by atoms with van der Waals surface area (Å²) in [4.78, 5) is 3.87. The van der Waals surface area contributed by atoms with Gasteiger partial charge in [-0.1, -0.05) is 31.2 Å². The molecule has 2 nitrogen and oxygen atoms in total. The molecule has 0 fully saturated rings. The van der Waals surface area contributed by atoms with Gasteiger partial charge in [-0.05, 0) is 45.6 Å². The summed E-state index contributed by atoms with van der Waals surface area (Å²) >= 11 is 5.37. The molecular weight excluding hydrogens is 332 g/mol. The van der Waals surface area contributed by atoms with Crippen molar-refractivity contribution in [3.05, 3.63) is 56.2 Å². The van der Waals surface area contributed by atoms with Crippen LogP contribution < -0.4 is 5.73 Å². The van der Waals surface area contributed by atoms with Gasteiger partial charge in [0, 0.05) is 24.0 Å². The van der Waals surface area contributed by atoms with Crippen molar-refractivity contribution in [1.29, 1.82) is 0 Å². The highest BCUT2D eigenvalue weighted by atomic mass is 79.9. The van der Waals surface area contributed by atoms with Gasteiger partial charge in [0.2, 0.25) is 0 Å². The van der Waals surface area contributed by atoms with Crippen LogP contribution in [0.1, 0.15) is 35.4 Å². The Kier molecular flexibility index (Phi) is 4.26. The predicted octanol–water partition coefficient (Wildman–Crippen LogP) is 4.30. The number of hydrogen-bond donors (Lipinski definition) is 1. The van der Waals surface area contributed by atoms with Gasteiger partial charge in [-0.15, -0.1) is 11.3 Å². The molecule has 2 heterocycles. The molecule has 0 saturated carbocycles. The lowest BCUT2D eigenvalue weighted by Gasteiger charge is -2.31. The van der Waals surface area contributed by atoms with Crippen molar-refractivity contribution in [2.45, 2.75) is 38.5 Å². The van der Waals surface area contributed by atoms with Gasteiger partial charge in [0.05, 0.1) is 9.83 Å². The fraction of sp³-hybridized carbons (Fsp3) is 0.375. The highest BCUT2D eigenvalue weighted by Gasteiger charge is 2.31. The van der Waals surface area contributed by atoms with E-state index in [0.29, 0.717) is 6.04 Å². The Morgan fingerprint density at radius 3 is 2.35 bits per heavy atom. The van der Waals surface area contributed by atoms with Crippen molar-refractivity contribution >= 4 is 27.3 Å². The van der Waals surface area contributed by atoms with E-state index in [1.54, 1.807) is 11.3 Å². The largest absolute Gasteiger partial charge is 0.326 e. The van der Waals surface area contributed by atoms with Crippen molar-refractivity contribution in [2.24, 2.45) is 5.73 Å². The lowest BCUT2D eigenvalue weighted by Crippen LogP contribution is -2.37. The highest BCUT2D eigenvalue weighted by Crippen LogP contribution is 2.37. The summed E-state index contributed by atoms with van der Waals surface area (Å²) in [6, 6.07) is 13.5. The highest BCUT2D eigenvalue weighted by molar-refractivity contribution is 9.11. The average molecular weight is 351 g/mol. The minimum Gasteiger partial charge on any atom is -0.326 e. The summed E-state index contributed by atoms with van der Waals surface area (Å²) in [7, 11) is 0. The van der Waals surface area contributed by atoms with Crippen molar-refractivity contribution in [1.82, 2.24) is 4.90 Å². The van der Waals surface area contributed by atoms with E-state index in [0.717, 1.165) is 19.5 Å². The number of thiophene rings is 1. The molecule has 20 heavy (non-hydrogen) atoms. The maximum absolute atomic E-state index is 6.42. The monoisotopic (exact) mass is 350 g/mol. The number of nitrogens with zero attached hydrogens (tertiary/aromatic N) is 1. The molecular formula is C16H19BrN2S. The molecule has 2 N–H and O–H groups in total. The SMILES string of the molecule is CCC(N)C(c1ccc(Br)s1)N1Cc2ccccc2C1. The van der Waals surface area contributed by atoms with Crippen molar-refractivity contribution in [3.63, 3.8) is 0 Å². The summed E-state index contributed by atoms with van der Waals surface area (Å²) in [5, 5.41) is 0. The summed E-state index contributed by atoms with van der Waals surface area (Å²) in [6.07, 6.45) is 0.993.